The molecule has 0 spiro atoms. The molecular weight excluding hydrogens is 271 g/mol. The van der Waals surface area contributed by atoms with Crippen molar-refractivity contribution in [2.24, 2.45) is 0 Å². The minimum absolute atomic E-state index is 0.322. The van der Waals surface area contributed by atoms with E-state index in [-0.39, 0.29) is 5.91 Å². The van der Waals surface area contributed by atoms with Crippen molar-refractivity contribution < 1.29 is 4.79 Å². The van der Waals surface area contributed by atoms with Crippen molar-refractivity contribution in [2.75, 3.05) is 5.32 Å². The lowest BCUT2D eigenvalue weighted by Crippen LogP contribution is -2.17. The number of pyridine rings is 1. The van der Waals surface area contributed by atoms with Gasteiger partial charge in [0.15, 0.2) is 0 Å². The largest absolute Gasteiger partial charge is 0.309 e. The number of amides is 1. The standard InChI is InChI=1S/C13H10Cl2N2O/c14-10-6-7-11(16-8-10)17-13(18)12(15)9-4-2-1-3-5-9/h1-8,12H,(H,16,17,18). The number of hydrogen-bond acceptors (Lipinski definition) is 2. The fourth-order valence-electron chi connectivity index (χ4n) is 1.41. The van der Waals surface area contributed by atoms with Crippen LogP contribution in [0.3, 0.4) is 0 Å². The minimum atomic E-state index is -0.747. The molecule has 1 aromatic carbocycles. The lowest BCUT2D eigenvalue weighted by molar-refractivity contribution is -0.116. The van der Waals surface area contributed by atoms with Gasteiger partial charge >= 0.3 is 0 Å². The highest BCUT2D eigenvalue weighted by atomic mass is 35.5. The van der Waals surface area contributed by atoms with Crippen molar-refractivity contribution in [1.29, 1.82) is 0 Å². The summed E-state index contributed by atoms with van der Waals surface area (Å²) >= 11 is 11.8. The number of halogens is 2. The molecule has 1 N–H and O–H groups in total. The van der Waals surface area contributed by atoms with Crippen molar-refractivity contribution in [3.05, 3.63) is 59.2 Å². The van der Waals surface area contributed by atoms with Gasteiger partial charge in [0.25, 0.3) is 0 Å². The molecule has 5 heteroatoms. The number of anilines is 1. The molecule has 2 rings (SSSR count). The molecule has 0 radical (unpaired) electrons. The quantitative estimate of drug-likeness (QED) is 0.872. The molecule has 1 aromatic heterocycles. The Morgan fingerprint density at radius 3 is 2.50 bits per heavy atom. The lowest BCUT2D eigenvalue weighted by Gasteiger charge is -2.10. The summed E-state index contributed by atoms with van der Waals surface area (Å²) in [5.41, 5.74) is 0.741. The Bertz CT molecular complexity index is 528. The van der Waals surface area contributed by atoms with Crippen LogP contribution >= 0.6 is 23.2 Å². The number of aromatic nitrogens is 1. The summed E-state index contributed by atoms with van der Waals surface area (Å²) in [6.07, 6.45) is 1.46. The molecule has 1 amide bonds. The van der Waals surface area contributed by atoms with Gasteiger partial charge in [0.2, 0.25) is 5.91 Å². The first kappa shape index (κ1) is 12.9. The molecule has 2 aromatic rings. The first-order valence-electron chi connectivity index (χ1n) is 5.28. The smallest absolute Gasteiger partial charge is 0.248 e. The van der Waals surface area contributed by atoms with Crippen LogP contribution in [0.25, 0.3) is 0 Å². The minimum Gasteiger partial charge on any atom is -0.309 e. The van der Waals surface area contributed by atoms with Crippen LogP contribution in [0.4, 0.5) is 5.82 Å². The highest BCUT2D eigenvalue weighted by Gasteiger charge is 2.17. The van der Waals surface area contributed by atoms with E-state index in [1.54, 1.807) is 24.3 Å². The Hall–Kier alpha value is -1.58. The van der Waals surface area contributed by atoms with Crippen LogP contribution in [-0.2, 0) is 4.79 Å². The highest BCUT2D eigenvalue weighted by Crippen LogP contribution is 2.21. The predicted octanol–water partition coefficient (Wildman–Crippen LogP) is 3.65. The van der Waals surface area contributed by atoms with E-state index in [0.29, 0.717) is 10.8 Å². The molecule has 1 unspecified atom stereocenters. The van der Waals surface area contributed by atoms with E-state index >= 15 is 0 Å². The van der Waals surface area contributed by atoms with Gasteiger partial charge in [0.05, 0.1) is 5.02 Å². The number of carbonyl (C=O) groups is 1. The van der Waals surface area contributed by atoms with Crippen LogP contribution < -0.4 is 5.32 Å². The monoisotopic (exact) mass is 280 g/mol. The van der Waals surface area contributed by atoms with E-state index in [0.717, 1.165) is 5.56 Å². The second kappa shape index (κ2) is 5.85. The molecule has 0 saturated carbocycles. The van der Waals surface area contributed by atoms with Gasteiger partial charge < -0.3 is 5.32 Å². The third-order valence-electron chi connectivity index (χ3n) is 2.30. The number of benzene rings is 1. The Balaban J connectivity index is 2.06. The summed E-state index contributed by atoms with van der Waals surface area (Å²) < 4.78 is 0. The summed E-state index contributed by atoms with van der Waals surface area (Å²) in [4.78, 5) is 15.9. The normalized spacial score (nSPS) is 11.9. The van der Waals surface area contributed by atoms with E-state index in [1.165, 1.54) is 6.20 Å². The topological polar surface area (TPSA) is 42.0 Å². The van der Waals surface area contributed by atoms with Crippen LogP contribution in [0.2, 0.25) is 5.02 Å². The number of hydrogen-bond donors (Lipinski definition) is 1. The maximum atomic E-state index is 11.9. The van der Waals surface area contributed by atoms with E-state index in [1.807, 2.05) is 18.2 Å². The number of nitrogens with zero attached hydrogens (tertiary/aromatic N) is 1. The van der Waals surface area contributed by atoms with Gasteiger partial charge in [-0.3, -0.25) is 4.79 Å². The Kier molecular flexibility index (Phi) is 4.18. The van der Waals surface area contributed by atoms with Gasteiger partial charge in [-0.1, -0.05) is 41.9 Å². The van der Waals surface area contributed by atoms with Crippen LogP contribution in [-0.4, -0.2) is 10.9 Å². The van der Waals surface area contributed by atoms with E-state index in [2.05, 4.69) is 10.3 Å². The fourth-order valence-corrected chi connectivity index (χ4v) is 1.72. The summed E-state index contributed by atoms with van der Waals surface area (Å²) in [5, 5.41) is 2.39. The molecule has 0 saturated heterocycles. The molecule has 0 bridgehead atoms. The van der Waals surface area contributed by atoms with E-state index < -0.39 is 5.38 Å². The zero-order valence-corrected chi connectivity index (χ0v) is 10.8. The predicted molar refractivity (Wildman–Crippen MR) is 72.9 cm³/mol. The first-order valence-corrected chi connectivity index (χ1v) is 6.09. The summed E-state index contributed by atoms with van der Waals surface area (Å²) in [7, 11) is 0. The van der Waals surface area contributed by atoms with Crippen molar-refractivity contribution in [1.82, 2.24) is 4.98 Å². The molecule has 1 atom stereocenters. The van der Waals surface area contributed by atoms with Gasteiger partial charge in [-0.25, -0.2) is 4.98 Å². The van der Waals surface area contributed by atoms with E-state index in [9.17, 15) is 4.79 Å². The summed E-state index contributed by atoms with van der Waals surface area (Å²) in [5.74, 6) is 0.101. The number of alkyl halides is 1. The van der Waals surface area contributed by atoms with Crippen LogP contribution in [0.1, 0.15) is 10.9 Å². The second-order valence-corrected chi connectivity index (χ2v) is 4.50. The first-order chi connectivity index (χ1) is 8.66. The van der Waals surface area contributed by atoms with Gasteiger partial charge in [-0.15, -0.1) is 11.6 Å². The fraction of sp³-hybridized carbons (Fsp3) is 0.0769. The van der Waals surface area contributed by atoms with Crippen LogP contribution in [0.15, 0.2) is 48.7 Å². The average molecular weight is 281 g/mol. The average Bonchev–Trinajstić information content (AvgIpc) is 2.41. The Labute approximate surface area is 115 Å². The van der Waals surface area contributed by atoms with Crippen molar-refractivity contribution in [3.63, 3.8) is 0 Å². The van der Waals surface area contributed by atoms with E-state index in [4.69, 9.17) is 23.2 Å². The van der Waals surface area contributed by atoms with Crippen LogP contribution in [0.5, 0.6) is 0 Å². The highest BCUT2D eigenvalue weighted by molar-refractivity contribution is 6.32. The summed E-state index contributed by atoms with van der Waals surface area (Å²) in [6, 6.07) is 12.4. The zero-order valence-electron chi connectivity index (χ0n) is 9.31. The molecule has 1 heterocycles. The van der Waals surface area contributed by atoms with Gasteiger partial charge in [0.1, 0.15) is 11.2 Å². The van der Waals surface area contributed by atoms with Gasteiger partial charge in [0, 0.05) is 6.20 Å². The Morgan fingerprint density at radius 1 is 1.17 bits per heavy atom. The van der Waals surface area contributed by atoms with Crippen LogP contribution in [0, 0.1) is 0 Å². The molecule has 0 fully saturated rings. The molecular formula is C13H10Cl2N2O. The molecule has 0 aliphatic carbocycles. The Morgan fingerprint density at radius 2 is 1.89 bits per heavy atom. The number of nitrogens with one attached hydrogen (secondary N) is 1. The lowest BCUT2D eigenvalue weighted by atomic mass is 10.1. The van der Waals surface area contributed by atoms with Gasteiger partial charge in [-0.05, 0) is 17.7 Å². The zero-order chi connectivity index (χ0) is 13.0. The molecule has 3 nitrogen and oxygen atoms in total. The molecule has 18 heavy (non-hydrogen) atoms. The van der Waals surface area contributed by atoms with Gasteiger partial charge in [-0.2, -0.15) is 0 Å². The maximum absolute atomic E-state index is 11.9. The number of rotatable bonds is 3. The van der Waals surface area contributed by atoms with Crippen molar-refractivity contribution in [2.45, 2.75) is 5.38 Å². The number of carbonyl (C=O) groups excluding carboxylic acids is 1. The third-order valence-corrected chi connectivity index (χ3v) is 2.97. The van der Waals surface area contributed by atoms with Crippen molar-refractivity contribution >= 4 is 34.9 Å². The molecule has 0 aliphatic heterocycles. The summed E-state index contributed by atoms with van der Waals surface area (Å²) in [6.45, 7) is 0. The third kappa shape index (κ3) is 3.22. The SMILES string of the molecule is O=C(Nc1ccc(Cl)cn1)C(Cl)c1ccccc1. The molecule has 0 aliphatic rings. The molecule has 92 valence electrons. The maximum Gasteiger partial charge on any atom is 0.248 e. The second-order valence-electron chi connectivity index (χ2n) is 3.62. The van der Waals surface area contributed by atoms with Crippen molar-refractivity contribution in [3.8, 4) is 0 Å².